The summed E-state index contributed by atoms with van der Waals surface area (Å²) in [4.78, 5) is 9.45. The van der Waals surface area contributed by atoms with Gasteiger partial charge in [0.25, 0.3) is 0 Å². The lowest BCUT2D eigenvalue weighted by atomic mass is 9.74. The van der Waals surface area contributed by atoms with Gasteiger partial charge in [-0.15, -0.1) is 11.3 Å². The molecule has 0 saturated carbocycles. The molecule has 1 aromatic heterocycles. The minimum atomic E-state index is 0.119. The van der Waals surface area contributed by atoms with Crippen molar-refractivity contribution in [1.29, 1.82) is 0 Å². The van der Waals surface area contributed by atoms with E-state index in [1.165, 1.54) is 10.6 Å². The van der Waals surface area contributed by atoms with Crippen molar-refractivity contribution in [3.05, 3.63) is 53.4 Å². The summed E-state index contributed by atoms with van der Waals surface area (Å²) < 4.78 is 5.67. The third-order valence-electron chi connectivity index (χ3n) is 6.03. The highest BCUT2D eigenvalue weighted by molar-refractivity contribution is 7.14. The first kappa shape index (κ1) is 19.3. The van der Waals surface area contributed by atoms with E-state index in [0.717, 1.165) is 64.7 Å². The van der Waals surface area contributed by atoms with Gasteiger partial charge < -0.3 is 19.9 Å². The van der Waals surface area contributed by atoms with E-state index < -0.39 is 0 Å². The van der Waals surface area contributed by atoms with Crippen molar-refractivity contribution >= 4 is 22.3 Å². The molecule has 0 amide bonds. The Hall–Kier alpha value is -2.05. The quantitative estimate of drug-likeness (QED) is 0.634. The molecule has 6 heteroatoms. The summed E-state index contributed by atoms with van der Waals surface area (Å²) in [6.07, 6.45) is 2.10. The molecule has 3 heterocycles. The van der Waals surface area contributed by atoms with E-state index in [4.69, 9.17) is 4.74 Å². The number of piperazine rings is 1. The van der Waals surface area contributed by atoms with Gasteiger partial charge in [-0.05, 0) is 35.9 Å². The predicted molar refractivity (Wildman–Crippen MR) is 118 cm³/mol. The van der Waals surface area contributed by atoms with Gasteiger partial charge in [0.15, 0.2) is 5.96 Å². The van der Waals surface area contributed by atoms with Crippen LogP contribution in [-0.2, 0) is 10.2 Å². The summed E-state index contributed by atoms with van der Waals surface area (Å²) in [6, 6.07) is 15.2. The lowest BCUT2D eigenvalue weighted by Gasteiger charge is -2.41. The number of ether oxygens (including phenoxy) is 1. The summed E-state index contributed by atoms with van der Waals surface area (Å²) in [5.74, 6) is 1.02. The van der Waals surface area contributed by atoms with Crippen molar-refractivity contribution < 1.29 is 4.74 Å². The lowest BCUT2D eigenvalue weighted by molar-refractivity contribution is 0.0511. The first-order valence-corrected chi connectivity index (χ1v) is 11.1. The van der Waals surface area contributed by atoms with Crippen LogP contribution in [0.4, 0.5) is 5.00 Å². The highest BCUT2D eigenvalue weighted by Crippen LogP contribution is 2.34. The average Bonchev–Trinajstić information content (AvgIpc) is 3.31. The highest BCUT2D eigenvalue weighted by Gasteiger charge is 2.35. The molecule has 2 aliphatic rings. The van der Waals surface area contributed by atoms with Crippen molar-refractivity contribution in [3.8, 4) is 0 Å². The molecule has 1 N–H and O–H groups in total. The molecule has 4 rings (SSSR count). The van der Waals surface area contributed by atoms with Crippen LogP contribution in [0.2, 0.25) is 0 Å². The van der Waals surface area contributed by atoms with Gasteiger partial charge in [0.1, 0.15) is 0 Å². The number of benzene rings is 1. The first-order chi connectivity index (χ1) is 13.8. The SMILES string of the molecule is CN=C(NCC1(c2ccccc2)CCOCC1)N1CCN(c2cccs2)CC1. The Bertz CT molecular complexity index is 748. The maximum absolute atomic E-state index is 5.67. The lowest BCUT2D eigenvalue weighted by Crippen LogP contribution is -2.54. The number of anilines is 1. The fraction of sp³-hybridized carbons (Fsp3) is 0.500. The van der Waals surface area contributed by atoms with E-state index in [-0.39, 0.29) is 5.41 Å². The molecule has 0 unspecified atom stereocenters. The predicted octanol–water partition coefficient (Wildman–Crippen LogP) is 3.19. The van der Waals surface area contributed by atoms with Gasteiger partial charge in [-0.2, -0.15) is 0 Å². The van der Waals surface area contributed by atoms with Crippen LogP contribution >= 0.6 is 11.3 Å². The highest BCUT2D eigenvalue weighted by atomic mass is 32.1. The van der Waals surface area contributed by atoms with Gasteiger partial charge in [0.05, 0.1) is 5.00 Å². The van der Waals surface area contributed by atoms with Crippen molar-refractivity contribution in [2.45, 2.75) is 18.3 Å². The van der Waals surface area contributed by atoms with Crippen LogP contribution in [0.25, 0.3) is 0 Å². The number of thiophene rings is 1. The molecule has 28 heavy (non-hydrogen) atoms. The Morgan fingerprint density at radius 1 is 1.07 bits per heavy atom. The van der Waals surface area contributed by atoms with Crippen LogP contribution in [0.3, 0.4) is 0 Å². The van der Waals surface area contributed by atoms with Gasteiger partial charge in [0, 0.05) is 58.4 Å². The van der Waals surface area contributed by atoms with E-state index in [1.54, 1.807) is 0 Å². The van der Waals surface area contributed by atoms with Gasteiger partial charge >= 0.3 is 0 Å². The molecule has 5 nitrogen and oxygen atoms in total. The monoisotopic (exact) mass is 398 g/mol. The van der Waals surface area contributed by atoms with Crippen molar-refractivity contribution in [2.24, 2.45) is 4.99 Å². The van der Waals surface area contributed by atoms with Crippen molar-refractivity contribution in [2.75, 3.05) is 57.9 Å². The molecular weight excluding hydrogens is 368 g/mol. The van der Waals surface area contributed by atoms with Crippen LogP contribution in [0.1, 0.15) is 18.4 Å². The van der Waals surface area contributed by atoms with Crippen LogP contribution in [0.5, 0.6) is 0 Å². The molecule has 0 bridgehead atoms. The molecule has 150 valence electrons. The van der Waals surface area contributed by atoms with E-state index in [0.29, 0.717) is 0 Å². The summed E-state index contributed by atoms with van der Waals surface area (Å²) >= 11 is 1.82. The molecule has 0 aliphatic carbocycles. The number of rotatable bonds is 4. The third kappa shape index (κ3) is 4.18. The summed E-state index contributed by atoms with van der Waals surface area (Å²) in [7, 11) is 1.90. The maximum atomic E-state index is 5.67. The number of hydrogen-bond donors (Lipinski definition) is 1. The Kier molecular flexibility index (Phi) is 6.17. The number of aliphatic imine (C=N–C) groups is 1. The van der Waals surface area contributed by atoms with E-state index in [9.17, 15) is 0 Å². The zero-order chi connectivity index (χ0) is 19.2. The molecule has 2 aliphatic heterocycles. The third-order valence-corrected chi connectivity index (χ3v) is 6.96. The Morgan fingerprint density at radius 3 is 2.46 bits per heavy atom. The number of hydrogen-bond acceptors (Lipinski definition) is 4. The van der Waals surface area contributed by atoms with E-state index in [2.05, 4.69) is 68.0 Å². The molecule has 1 aromatic carbocycles. The number of guanidine groups is 1. The van der Waals surface area contributed by atoms with E-state index >= 15 is 0 Å². The summed E-state index contributed by atoms with van der Waals surface area (Å²) in [6.45, 7) is 6.64. The molecule has 0 spiro atoms. The summed E-state index contributed by atoms with van der Waals surface area (Å²) in [5.41, 5.74) is 1.53. The first-order valence-electron chi connectivity index (χ1n) is 10.2. The largest absolute Gasteiger partial charge is 0.381 e. The Morgan fingerprint density at radius 2 is 1.82 bits per heavy atom. The molecule has 2 saturated heterocycles. The Labute approximate surface area is 172 Å². The fourth-order valence-corrected chi connectivity index (χ4v) is 5.08. The fourth-order valence-electron chi connectivity index (χ4n) is 4.29. The summed E-state index contributed by atoms with van der Waals surface area (Å²) in [5, 5.41) is 7.22. The Balaban J connectivity index is 1.39. The topological polar surface area (TPSA) is 40.1 Å². The zero-order valence-electron chi connectivity index (χ0n) is 16.6. The molecule has 0 atom stereocenters. The standard InChI is InChI=1S/C22H30N4OS/c1-23-21(26-13-11-25(12-14-26)20-8-5-17-28-20)24-18-22(9-15-27-16-10-22)19-6-3-2-4-7-19/h2-8,17H,9-16,18H2,1H3,(H,23,24). The maximum Gasteiger partial charge on any atom is 0.193 e. The minimum absolute atomic E-state index is 0.119. The van der Waals surface area contributed by atoms with Gasteiger partial charge in [-0.25, -0.2) is 0 Å². The van der Waals surface area contributed by atoms with Crippen LogP contribution in [-0.4, -0.2) is 63.8 Å². The average molecular weight is 399 g/mol. The number of nitrogens with zero attached hydrogens (tertiary/aromatic N) is 3. The van der Waals surface area contributed by atoms with Crippen molar-refractivity contribution in [1.82, 2.24) is 10.2 Å². The van der Waals surface area contributed by atoms with E-state index in [1.807, 2.05) is 18.4 Å². The van der Waals surface area contributed by atoms with Gasteiger partial charge in [-0.1, -0.05) is 30.3 Å². The smallest absolute Gasteiger partial charge is 0.193 e. The van der Waals surface area contributed by atoms with Crippen molar-refractivity contribution in [3.63, 3.8) is 0 Å². The van der Waals surface area contributed by atoms with Gasteiger partial charge in [0.2, 0.25) is 0 Å². The molecule has 0 radical (unpaired) electrons. The zero-order valence-corrected chi connectivity index (χ0v) is 17.5. The normalized spacial score (nSPS) is 20.2. The minimum Gasteiger partial charge on any atom is -0.381 e. The second-order valence-electron chi connectivity index (χ2n) is 7.58. The van der Waals surface area contributed by atoms with Gasteiger partial charge in [-0.3, -0.25) is 4.99 Å². The number of nitrogens with one attached hydrogen (secondary N) is 1. The second kappa shape index (κ2) is 8.97. The second-order valence-corrected chi connectivity index (χ2v) is 8.51. The van der Waals surface area contributed by atoms with Crippen LogP contribution in [0, 0.1) is 0 Å². The molecule has 2 aromatic rings. The van der Waals surface area contributed by atoms with Crippen LogP contribution < -0.4 is 10.2 Å². The molecular formula is C22H30N4OS. The molecule has 2 fully saturated rings. The van der Waals surface area contributed by atoms with Crippen LogP contribution in [0.15, 0.2) is 52.8 Å².